The second kappa shape index (κ2) is 10.4. The van der Waals surface area contributed by atoms with E-state index in [2.05, 4.69) is 16.2 Å². The molecule has 8 heteroatoms. The van der Waals surface area contributed by atoms with Crippen LogP contribution in [0, 0.1) is 13.8 Å². The van der Waals surface area contributed by atoms with Gasteiger partial charge in [-0.05, 0) is 61.5 Å². The van der Waals surface area contributed by atoms with Crippen LogP contribution < -0.4 is 20.9 Å². The highest BCUT2D eigenvalue weighted by Gasteiger charge is 2.06. The maximum Gasteiger partial charge on any atom is 0.276 e. The van der Waals surface area contributed by atoms with E-state index in [4.69, 9.17) is 28.6 Å². The number of nitrogens with one attached hydrogen (secondary N) is 3. The predicted octanol–water partition coefficient (Wildman–Crippen LogP) is 3.07. The molecule has 28 heavy (non-hydrogen) atoms. The molecule has 0 heterocycles. The Morgan fingerprint density at radius 3 is 2.50 bits per heavy atom. The van der Waals surface area contributed by atoms with Gasteiger partial charge in [-0.15, -0.1) is 0 Å². The van der Waals surface area contributed by atoms with Crippen molar-refractivity contribution in [1.82, 2.24) is 16.2 Å². The highest BCUT2D eigenvalue weighted by atomic mass is 35.5. The van der Waals surface area contributed by atoms with E-state index < -0.39 is 11.8 Å². The minimum atomic E-state index is -0.459. The lowest BCUT2D eigenvalue weighted by molar-refractivity contribution is -0.123. The molecule has 0 atom stereocenters. The molecular formula is C20H20ClN3O3S. The summed E-state index contributed by atoms with van der Waals surface area (Å²) in [7, 11) is 0. The summed E-state index contributed by atoms with van der Waals surface area (Å²) in [6.45, 7) is 3.60. The molecule has 0 aliphatic carbocycles. The average molecular weight is 418 g/mol. The number of aryl methyl sites for hydroxylation is 2. The van der Waals surface area contributed by atoms with Gasteiger partial charge in [0.05, 0.1) is 0 Å². The summed E-state index contributed by atoms with van der Waals surface area (Å²) in [5.74, 6) is -0.353. The molecule has 0 saturated carbocycles. The quantitative estimate of drug-likeness (QED) is 0.396. The van der Waals surface area contributed by atoms with E-state index in [-0.39, 0.29) is 11.7 Å². The molecule has 0 radical (unpaired) electrons. The van der Waals surface area contributed by atoms with Crippen LogP contribution in [0.15, 0.2) is 48.5 Å². The highest BCUT2D eigenvalue weighted by Crippen LogP contribution is 2.20. The Labute approximate surface area is 173 Å². The lowest BCUT2D eigenvalue weighted by Gasteiger charge is -2.11. The third-order valence-electron chi connectivity index (χ3n) is 3.56. The highest BCUT2D eigenvalue weighted by molar-refractivity contribution is 7.80. The minimum Gasteiger partial charge on any atom is -0.484 e. The van der Waals surface area contributed by atoms with Gasteiger partial charge >= 0.3 is 0 Å². The SMILES string of the molecule is Cc1ccc(/C=C/C(=O)NC(=S)NNC(=O)COc2ccc(Cl)c(C)c2)cc1. The molecule has 0 spiro atoms. The fourth-order valence-electron chi connectivity index (χ4n) is 2.05. The third kappa shape index (κ3) is 7.38. The van der Waals surface area contributed by atoms with Crippen LogP contribution in [0.4, 0.5) is 0 Å². The fourth-order valence-corrected chi connectivity index (χ4v) is 2.32. The first-order valence-corrected chi connectivity index (χ1v) is 9.15. The molecule has 0 bridgehead atoms. The molecule has 0 aliphatic heterocycles. The van der Waals surface area contributed by atoms with Crippen LogP contribution in [0.25, 0.3) is 6.08 Å². The van der Waals surface area contributed by atoms with Crippen molar-refractivity contribution in [3.8, 4) is 5.75 Å². The van der Waals surface area contributed by atoms with E-state index in [0.717, 1.165) is 16.7 Å². The lowest BCUT2D eigenvalue weighted by Crippen LogP contribution is -2.49. The van der Waals surface area contributed by atoms with Gasteiger partial charge in [0.25, 0.3) is 5.91 Å². The molecule has 0 aromatic heterocycles. The molecular weight excluding hydrogens is 398 g/mol. The van der Waals surface area contributed by atoms with Gasteiger partial charge in [-0.25, -0.2) is 0 Å². The third-order valence-corrected chi connectivity index (χ3v) is 4.18. The topological polar surface area (TPSA) is 79.5 Å². The zero-order valence-electron chi connectivity index (χ0n) is 15.4. The van der Waals surface area contributed by atoms with Gasteiger partial charge in [-0.1, -0.05) is 41.4 Å². The van der Waals surface area contributed by atoms with E-state index in [1.54, 1.807) is 24.3 Å². The maximum atomic E-state index is 11.8. The number of amides is 2. The Hall–Kier alpha value is -2.90. The first-order valence-electron chi connectivity index (χ1n) is 8.37. The molecule has 0 fully saturated rings. The van der Waals surface area contributed by atoms with Crippen LogP contribution in [0.1, 0.15) is 16.7 Å². The van der Waals surface area contributed by atoms with Crippen molar-refractivity contribution in [2.45, 2.75) is 13.8 Å². The van der Waals surface area contributed by atoms with Gasteiger partial charge in [0, 0.05) is 11.1 Å². The average Bonchev–Trinajstić information content (AvgIpc) is 2.67. The first kappa shape index (κ1) is 21.4. The van der Waals surface area contributed by atoms with E-state index in [1.165, 1.54) is 6.08 Å². The number of halogens is 1. The number of thiocarbonyl (C=S) groups is 1. The summed E-state index contributed by atoms with van der Waals surface area (Å²) >= 11 is 10.9. The van der Waals surface area contributed by atoms with Crippen molar-refractivity contribution in [1.29, 1.82) is 0 Å². The zero-order chi connectivity index (χ0) is 20.5. The van der Waals surface area contributed by atoms with Crippen LogP contribution >= 0.6 is 23.8 Å². The van der Waals surface area contributed by atoms with Crippen LogP contribution in [0.5, 0.6) is 5.75 Å². The number of carbonyl (C=O) groups is 2. The second-order valence-corrected chi connectivity index (χ2v) is 6.75. The van der Waals surface area contributed by atoms with Crippen molar-refractivity contribution < 1.29 is 14.3 Å². The van der Waals surface area contributed by atoms with Crippen LogP contribution in [0.3, 0.4) is 0 Å². The Kier molecular flexibility index (Phi) is 7.98. The van der Waals surface area contributed by atoms with E-state index >= 15 is 0 Å². The number of hydrazine groups is 1. The smallest absolute Gasteiger partial charge is 0.276 e. The number of ether oxygens (including phenoxy) is 1. The number of rotatable bonds is 5. The number of hydrogen-bond donors (Lipinski definition) is 3. The maximum absolute atomic E-state index is 11.8. The van der Waals surface area contributed by atoms with Gasteiger partial charge in [-0.3, -0.25) is 25.8 Å². The Morgan fingerprint density at radius 1 is 1.11 bits per heavy atom. The van der Waals surface area contributed by atoms with Gasteiger partial charge in [0.1, 0.15) is 5.75 Å². The van der Waals surface area contributed by atoms with Crippen molar-refractivity contribution in [2.75, 3.05) is 6.61 Å². The van der Waals surface area contributed by atoms with Crippen molar-refractivity contribution in [2.24, 2.45) is 0 Å². The van der Waals surface area contributed by atoms with Crippen molar-refractivity contribution >= 4 is 46.8 Å². The summed E-state index contributed by atoms with van der Waals surface area (Å²) in [6, 6.07) is 12.8. The molecule has 2 aromatic carbocycles. The first-order chi connectivity index (χ1) is 13.3. The fraction of sp³-hybridized carbons (Fsp3) is 0.150. The minimum absolute atomic E-state index is 0.0331. The molecule has 146 valence electrons. The molecule has 2 rings (SSSR count). The number of benzene rings is 2. The van der Waals surface area contributed by atoms with Gasteiger partial charge in [-0.2, -0.15) is 0 Å². The van der Waals surface area contributed by atoms with Crippen molar-refractivity contribution in [3.05, 3.63) is 70.3 Å². The van der Waals surface area contributed by atoms with E-state index in [1.807, 2.05) is 38.1 Å². The molecule has 3 N–H and O–H groups in total. The van der Waals surface area contributed by atoms with Crippen LogP contribution in [0.2, 0.25) is 5.02 Å². The van der Waals surface area contributed by atoms with Crippen LogP contribution in [-0.2, 0) is 9.59 Å². The zero-order valence-corrected chi connectivity index (χ0v) is 17.0. The summed E-state index contributed by atoms with van der Waals surface area (Å²) < 4.78 is 5.36. The van der Waals surface area contributed by atoms with Gasteiger partial charge in [0.15, 0.2) is 11.7 Å². The molecule has 6 nitrogen and oxygen atoms in total. The van der Waals surface area contributed by atoms with E-state index in [0.29, 0.717) is 10.8 Å². The largest absolute Gasteiger partial charge is 0.484 e. The van der Waals surface area contributed by atoms with Crippen LogP contribution in [-0.4, -0.2) is 23.5 Å². The predicted molar refractivity (Wildman–Crippen MR) is 114 cm³/mol. The lowest BCUT2D eigenvalue weighted by atomic mass is 10.1. The Morgan fingerprint density at radius 2 is 1.82 bits per heavy atom. The number of hydrogen-bond acceptors (Lipinski definition) is 4. The summed E-state index contributed by atoms with van der Waals surface area (Å²) in [4.78, 5) is 23.6. The summed E-state index contributed by atoms with van der Waals surface area (Å²) in [6.07, 6.45) is 3.02. The van der Waals surface area contributed by atoms with Crippen molar-refractivity contribution in [3.63, 3.8) is 0 Å². The van der Waals surface area contributed by atoms with Gasteiger partial charge < -0.3 is 4.74 Å². The molecule has 2 aromatic rings. The summed E-state index contributed by atoms with van der Waals surface area (Å²) in [5, 5.41) is 3.02. The molecule has 0 aliphatic rings. The summed E-state index contributed by atoms with van der Waals surface area (Å²) in [5.41, 5.74) is 7.66. The number of carbonyl (C=O) groups excluding carboxylic acids is 2. The molecule has 0 unspecified atom stereocenters. The van der Waals surface area contributed by atoms with E-state index in [9.17, 15) is 9.59 Å². The Balaban J connectivity index is 1.70. The monoisotopic (exact) mass is 417 g/mol. The van der Waals surface area contributed by atoms with Gasteiger partial charge in [0.2, 0.25) is 5.91 Å². The molecule has 2 amide bonds. The Bertz CT molecular complexity index is 898. The second-order valence-electron chi connectivity index (χ2n) is 5.94. The standard InChI is InChI=1S/C20H20ClN3O3S/c1-13-3-5-15(6-4-13)7-10-18(25)22-20(28)24-23-19(26)12-27-16-8-9-17(21)14(2)11-16/h3-11H,12H2,1-2H3,(H,23,26)(H2,22,24,25,28)/b10-7+. The molecule has 0 saturated heterocycles. The normalized spacial score (nSPS) is 10.4.